The Labute approximate surface area is 222 Å². The maximum atomic E-state index is 13.6. The second-order valence-corrected chi connectivity index (χ2v) is 10.2. The first-order valence-corrected chi connectivity index (χ1v) is 13.4. The van der Waals surface area contributed by atoms with Crippen LogP contribution in [0.2, 0.25) is 10.0 Å². The van der Waals surface area contributed by atoms with Gasteiger partial charge in [-0.1, -0.05) is 77.3 Å². The fourth-order valence-electron chi connectivity index (χ4n) is 3.73. The van der Waals surface area contributed by atoms with E-state index in [1.807, 2.05) is 44.2 Å². The third-order valence-corrected chi connectivity index (χ3v) is 7.34. The molecule has 1 atom stereocenters. The first-order chi connectivity index (χ1) is 16.9. The molecule has 0 aromatic heterocycles. The van der Waals surface area contributed by atoms with E-state index in [2.05, 4.69) is 29.6 Å². The van der Waals surface area contributed by atoms with Crippen LogP contribution in [0.15, 0.2) is 77.7 Å². The number of nitrogens with zero attached hydrogens (tertiary/aromatic N) is 1. The van der Waals surface area contributed by atoms with E-state index in [1.54, 1.807) is 34.9 Å². The van der Waals surface area contributed by atoms with Gasteiger partial charge < -0.3 is 10.2 Å². The summed E-state index contributed by atoms with van der Waals surface area (Å²) in [4.78, 5) is 29.5. The molecule has 1 unspecified atom stereocenters. The van der Waals surface area contributed by atoms with Crippen molar-refractivity contribution in [2.75, 3.05) is 12.3 Å². The maximum Gasteiger partial charge on any atom is 0.243 e. The Hall–Kier alpha value is -2.47. The van der Waals surface area contributed by atoms with Gasteiger partial charge in [0.05, 0.1) is 0 Å². The third kappa shape index (κ3) is 8.03. The molecule has 3 aromatic rings. The molecule has 0 saturated carbocycles. The highest BCUT2D eigenvalue weighted by atomic mass is 35.5. The van der Waals surface area contributed by atoms with Crippen LogP contribution in [0.3, 0.4) is 0 Å². The van der Waals surface area contributed by atoms with Crippen molar-refractivity contribution in [1.82, 2.24) is 10.2 Å². The number of thioether (sulfide) groups is 1. The van der Waals surface area contributed by atoms with E-state index in [9.17, 15) is 9.59 Å². The van der Waals surface area contributed by atoms with Crippen molar-refractivity contribution in [3.8, 4) is 0 Å². The van der Waals surface area contributed by atoms with Crippen LogP contribution in [0.1, 0.15) is 30.0 Å². The zero-order valence-corrected chi connectivity index (χ0v) is 22.3. The molecule has 0 spiro atoms. The smallest absolute Gasteiger partial charge is 0.243 e. The summed E-state index contributed by atoms with van der Waals surface area (Å²) in [6.45, 7) is 4.54. The topological polar surface area (TPSA) is 49.4 Å². The number of amides is 2. The molecule has 3 rings (SSSR count). The van der Waals surface area contributed by atoms with Crippen molar-refractivity contribution in [3.05, 3.63) is 99.5 Å². The van der Waals surface area contributed by atoms with Crippen LogP contribution in [-0.4, -0.2) is 35.1 Å². The average Bonchev–Trinajstić information content (AvgIpc) is 2.85. The number of hydrogen-bond donors (Lipinski definition) is 1. The SMILES string of the molecule is CCNC(=O)C(Cc1ccccc1)N(Cc1c(Cl)cccc1Cl)C(=O)CCSc1ccc(C)cc1. The molecule has 0 aliphatic carbocycles. The lowest BCUT2D eigenvalue weighted by molar-refractivity contribution is -0.140. The van der Waals surface area contributed by atoms with Crippen LogP contribution < -0.4 is 5.32 Å². The minimum atomic E-state index is -0.693. The molecule has 0 aliphatic rings. The van der Waals surface area contributed by atoms with Gasteiger partial charge in [-0.2, -0.15) is 0 Å². The van der Waals surface area contributed by atoms with Crippen molar-refractivity contribution in [3.63, 3.8) is 0 Å². The Morgan fingerprint density at radius 1 is 0.943 bits per heavy atom. The van der Waals surface area contributed by atoms with Crippen LogP contribution in [0, 0.1) is 6.92 Å². The number of halogens is 2. The molecular formula is C28H30Cl2N2O2S. The number of rotatable bonds is 11. The first kappa shape index (κ1) is 27.1. The van der Waals surface area contributed by atoms with Gasteiger partial charge in [-0.3, -0.25) is 9.59 Å². The molecule has 0 aliphatic heterocycles. The second-order valence-electron chi connectivity index (χ2n) is 8.23. The van der Waals surface area contributed by atoms with Crippen LogP contribution in [0.25, 0.3) is 0 Å². The summed E-state index contributed by atoms with van der Waals surface area (Å²) in [5.74, 6) is 0.286. The molecule has 184 valence electrons. The Kier molecular flexibility index (Phi) is 10.5. The predicted molar refractivity (Wildman–Crippen MR) is 146 cm³/mol. The molecule has 3 aromatic carbocycles. The average molecular weight is 530 g/mol. The first-order valence-electron chi connectivity index (χ1n) is 11.6. The Morgan fingerprint density at radius 2 is 1.60 bits per heavy atom. The molecule has 0 fully saturated rings. The van der Waals surface area contributed by atoms with Gasteiger partial charge in [0.25, 0.3) is 0 Å². The molecule has 1 N–H and O–H groups in total. The minimum Gasteiger partial charge on any atom is -0.355 e. The molecule has 7 heteroatoms. The summed E-state index contributed by atoms with van der Waals surface area (Å²) in [6, 6.07) is 22.5. The molecule has 2 amide bonds. The fraction of sp³-hybridized carbons (Fsp3) is 0.286. The largest absolute Gasteiger partial charge is 0.355 e. The molecule has 35 heavy (non-hydrogen) atoms. The number of hydrogen-bond acceptors (Lipinski definition) is 3. The molecule has 4 nitrogen and oxygen atoms in total. The lowest BCUT2D eigenvalue weighted by Gasteiger charge is -2.32. The van der Waals surface area contributed by atoms with E-state index < -0.39 is 6.04 Å². The maximum absolute atomic E-state index is 13.6. The van der Waals surface area contributed by atoms with Crippen molar-refractivity contribution in [1.29, 1.82) is 0 Å². The molecule has 0 bridgehead atoms. The summed E-state index contributed by atoms with van der Waals surface area (Å²) in [7, 11) is 0. The van der Waals surface area contributed by atoms with E-state index in [1.165, 1.54) is 5.56 Å². The Morgan fingerprint density at radius 3 is 2.23 bits per heavy atom. The van der Waals surface area contributed by atoms with Gasteiger partial charge in [-0.15, -0.1) is 11.8 Å². The lowest BCUT2D eigenvalue weighted by atomic mass is 10.0. The highest BCUT2D eigenvalue weighted by Crippen LogP contribution is 2.28. The molecule has 0 radical (unpaired) electrons. The highest BCUT2D eigenvalue weighted by molar-refractivity contribution is 7.99. The van der Waals surface area contributed by atoms with E-state index >= 15 is 0 Å². The number of likely N-dealkylation sites (N-methyl/N-ethyl adjacent to an activating group) is 1. The zero-order chi connectivity index (χ0) is 25.2. The van der Waals surface area contributed by atoms with Crippen molar-refractivity contribution in [2.45, 2.75) is 44.2 Å². The standard InChI is InChI=1S/C28H30Cl2N2O2S/c1-3-31-28(34)26(18-21-8-5-4-6-9-21)32(19-23-24(29)10-7-11-25(23)30)27(33)16-17-35-22-14-12-20(2)13-15-22/h4-15,26H,3,16-19H2,1-2H3,(H,31,34). The monoisotopic (exact) mass is 528 g/mol. The third-order valence-electron chi connectivity index (χ3n) is 5.62. The zero-order valence-electron chi connectivity index (χ0n) is 20.0. The summed E-state index contributed by atoms with van der Waals surface area (Å²) in [5, 5.41) is 3.84. The van der Waals surface area contributed by atoms with Crippen molar-refractivity contribution in [2.24, 2.45) is 0 Å². The summed E-state index contributed by atoms with van der Waals surface area (Å²) in [5.41, 5.74) is 2.80. The van der Waals surface area contributed by atoms with E-state index in [0.29, 0.717) is 34.3 Å². The molecule has 0 saturated heterocycles. The van der Waals surface area contributed by atoms with Gasteiger partial charge in [0, 0.05) is 52.2 Å². The van der Waals surface area contributed by atoms with Crippen LogP contribution in [-0.2, 0) is 22.6 Å². The van der Waals surface area contributed by atoms with Crippen LogP contribution in [0.4, 0.5) is 0 Å². The van der Waals surface area contributed by atoms with Gasteiger partial charge in [-0.05, 0) is 43.7 Å². The number of aryl methyl sites for hydroxylation is 1. The van der Waals surface area contributed by atoms with Gasteiger partial charge >= 0.3 is 0 Å². The number of benzene rings is 3. The molecular weight excluding hydrogens is 499 g/mol. The van der Waals surface area contributed by atoms with E-state index in [-0.39, 0.29) is 24.8 Å². The predicted octanol–water partition coefficient (Wildman–Crippen LogP) is 6.56. The highest BCUT2D eigenvalue weighted by Gasteiger charge is 2.30. The van der Waals surface area contributed by atoms with Crippen molar-refractivity contribution >= 4 is 46.8 Å². The normalized spacial score (nSPS) is 11.7. The van der Waals surface area contributed by atoms with Gasteiger partial charge in [0.2, 0.25) is 11.8 Å². The number of carbonyl (C=O) groups is 2. The number of nitrogens with one attached hydrogen (secondary N) is 1. The Balaban J connectivity index is 1.86. The fourth-order valence-corrected chi connectivity index (χ4v) is 5.09. The van der Waals surface area contributed by atoms with Crippen molar-refractivity contribution < 1.29 is 9.59 Å². The minimum absolute atomic E-state index is 0.118. The summed E-state index contributed by atoms with van der Waals surface area (Å²) < 4.78 is 0. The van der Waals surface area contributed by atoms with Crippen LogP contribution in [0.5, 0.6) is 0 Å². The lowest BCUT2D eigenvalue weighted by Crippen LogP contribution is -2.50. The number of carbonyl (C=O) groups excluding carboxylic acids is 2. The quantitative estimate of drug-likeness (QED) is 0.286. The van der Waals surface area contributed by atoms with Gasteiger partial charge in [0.15, 0.2) is 0 Å². The van der Waals surface area contributed by atoms with Gasteiger partial charge in [-0.25, -0.2) is 0 Å². The molecule has 0 heterocycles. The Bertz CT molecular complexity index is 1100. The second kappa shape index (κ2) is 13.6. The van der Waals surface area contributed by atoms with Gasteiger partial charge in [0.1, 0.15) is 6.04 Å². The van der Waals surface area contributed by atoms with Crippen LogP contribution >= 0.6 is 35.0 Å². The van der Waals surface area contributed by atoms with E-state index in [4.69, 9.17) is 23.2 Å². The van der Waals surface area contributed by atoms with E-state index in [0.717, 1.165) is 10.5 Å². The summed E-state index contributed by atoms with van der Waals surface area (Å²) >= 11 is 14.5. The summed E-state index contributed by atoms with van der Waals surface area (Å²) in [6.07, 6.45) is 0.677.